The van der Waals surface area contributed by atoms with Crippen LogP contribution in [0.3, 0.4) is 0 Å². The van der Waals surface area contributed by atoms with E-state index in [0.29, 0.717) is 30.9 Å². The molecule has 9 heteroatoms. The highest BCUT2D eigenvalue weighted by molar-refractivity contribution is 7.92. The average molecular weight is 440 g/mol. The van der Waals surface area contributed by atoms with Crippen LogP contribution in [0.15, 0.2) is 54.7 Å². The number of para-hydroxylation sites is 1. The largest absolute Gasteiger partial charge is 0.373 e. The van der Waals surface area contributed by atoms with Gasteiger partial charge in [-0.05, 0) is 54.3 Å². The Kier molecular flexibility index (Phi) is 5.79. The highest BCUT2D eigenvalue weighted by atomic mass is 32.2. The van der Waals surface area contributed by atoms with Gasteiger partial charge in [-0.3, -0.25) is 4.31 Å². The molecule has 0 bridgehead atoms. The molecule has 162 valence electrons. The van der Waals surface area contributed by atoms with E-state index >= 15 is 0 Å². The van der Waals surface area contributed by atoms with Crippen LogP contribution in [0.25, 0.3) is 0 Å². The Balaban J connectivity index is 1.46. The fourth-order valence-electron chi connectivity index (χ4n) is 3.62. The summed E-state index contributed by atoms with van der Waals surface area (Å²) in [6.07, 6.45) is 4.21. The zero-order chi connectivity index (χ0) is 22.0. The van der Waals surface area contributed by atoms with Gasteiger partial charge in [0.15, 0.2) is 0 Å². The summed E-state index contributed by atoms with van der Waals surface area (Å²) in [5.74, 6) is 0.491. The molecule has 31 heavy (non-hydrogen) atoms. The normalized spacial score (nSPS) is 15.3. The Morgan fingerprint density at radius 2 is 2.00 bits per heavy atom. The molecule has 1 aliphatic heterocycles. The zero-order valence-electron chi connectivity index (χ0n) is 17.4. The van der Waals surface area contributed by atoms with Gasteiger partial charge in [0.2, 0.25) is 16.0 Å². The number of anilines is 4. The first kappa shape index (κ1) is 21.1. The number of hydrogen-bond acceptors (Lipinski definition) is 7. The first-order chi connectivity index (χ1) is 14.8. The van der Waals surface area contributed by atoms with Crippen LogP contribution in [0, 0.1) is 0 Å². The van der Waals surface area contributed by atoms with Crippen LogP contribution in [0.1, 0.15) is 16.8 Å². The van der Waals surface area contributed by atoms with Crippen LogP contribution >= 0.6 is 0 Å². The minimum Gasteiger partial charge on any atom is -0.373 e. The molecular weight excluding hydrogens is 414 g/mol. The third-order valence-electron chi connectivity index (χ3n) is 5.29. The lowest BCUT2D eigenvalue weighted by atomic mass is 10.1. The number of sulfonamides is 1. The van der Waals surface area contributed by atoms with E-state index in [1.165, 1.54) is 10.6 Å². The molecule has 0 saturated heterocycles. The maximum absolute atomic E-state index is 11.9. The monoisotopic (exact) mass is 439 g/mol. The number of aliphatic hydroxyl groups is 1. The van der Waals surface area contributed by atoms with E-state index in [1.54, 1.807) is 13.2 Å². The molecule has 0 saturated carbocycles. The predicted molar refractivity (Wildman–Crippen MR) is 122 cm³/mol. The molecule has 3 aromatic rings. The second-order valence-electron chi connectivity index (χ2n) is 7.59. The minimum absolute atomic E-state index is 0.491. The minimum atomic E-state index is -3.33. The van der Waals surface area contributed by atoms with E-state index in [2.05, 4.69) is 20.6 Å². The molecular formula is C22H25N5O3S. The molecule has 3 N–H and O–H groups in total. The summed E-state index contributed by atoms with van der Waals surface area (Å²) >= 11 is 0. The number of aliphatic hydroxyl groups excluding tert-OH is 1. The molecule has 1 aliphatic rings. The van der Waals surface area contributed by atoms with Crippen molar-refractivity contribution in [2.45, 2.75) is 25.5 Å². The van der Waals surface area contributed by atoms with Gasteiger partial charge in [-0.25, -0.2) is 18.4 Å². The van der Waals surface area contributed by atoms with Crippen molar-refractivity contribution in [2.24, 2.45) is 0 Å². The molecule has 0 amide bonds. The van der Waals surface area contributed by atoms with E-state index in [-0.39, 0.29) is 0 Å². The zero-order valence-corrected chi connectivity index (χ0v) is 18.2. The summed E-state index contributed by atoms with van der Waals surface area (Å²) in [6.45, 7) is 0. The van der Waals surface area contributed by atoms with Gasteiger partial charge in [0.1, 0.15) is 6.23 Å². The molecule has 2 aromatic carbocycles. The van der Waals surface area contributed by atoms with Crippen molar-refractivity contribution in [3.8, 4) is 0 Å². The second kappa shape index (κ2) is 8.52. The Hall–Kier alpha value is -3.17. The van der Waals surface area contributed by atoms with E-state index in [4.69, 9.17) is 0 Å². The summed E-state index contributed by atoms with van der Waals surface area (Å²) in [6, 6.07) is 15.2. The van der Waals surface area contributed by atoms with Crippen molar-refractivity contribution in [1.29, 1.82) is 0 Å². The first-order valence-corrected chi connectivity index (χ1v) is 11.8. The van der Waals surface area contributed by atoms with Crippen LogP contribution in [0.4, 0.5) is 23.0 Å². The molecule has 1 atom stereocenters. The van der Waals surface area contributed by atoms with Gasteiger partial charge in [0.05, 0.1) is 11.9 Å². The number of aryl methyl sites for hydroxylation is 2. The maximum Gasteiger partial charge on any atom is 0.232 e. The SMILES string of the molecule is CN(c1ccccc1CCc1ccnc(Nc2ccc3c(c2)CC(O)N3)n1)S(C)(=O)=O. The van der Waals surface area contributed by atoms with Gasteiger partial charge in [-0.2, -0.15) is 0 Å². The fourth-order valence-corrected chi connectivity index (χ4v) is 4.15. The Morgan fingerprint density at radius 1 is 1.19 bits per heavy atom. The summed E-state index contributed by atoms with van der Waals surface area (Å²) in [4.78, 5) is 8.90. The van der Waals surface area contributed by atoms with Gasteiger partial charge < -0.3 is 15.7 Å². The van der Waals surface area contributed by atoms with Crippen LogP contribution in [-0.4, -0.2) is 43.0 Å². The average Bonchev–Trinajstić information content (AvgIpc) is 3.11. The third kappa shape index (κ3) is 4.95. The number of rotatable bonds is 7. The number of nitrogens with zero attached hydrogens (tertiary/aromatic N) is 3. The predicted octanol–water partition coefficient (Wildman–Crippen LogP) is 2.69. The molecule has 0 spiro atoms. The van der Waals surface area contributed by atoms with Gasteiger partial charge in [-0.15, -0.1) is 0 Å². The van der Waals surface area contributed by atoms with Crippen LogP contribution < -0.4 is 14.9 Å². The Bertz CT molecular complexity index is 1200. The molecule has 0 radical (unpaired) electrons. The van der Waals surface area contributed by atoms with Crippen LogP contribution in [0.5, 0.6) is 0 Å². The first-order valence-electron chi connectivity index (χ1n) is 9.98. The lowest BCUT2D eigenvalue weighted by Crippen LogP contribution is -2.26. The summed E-state index contributed by atoms with van der Waals surface area (Å²) in [7, 11) is -1.77. The quantitative estimate of drug-likeness (QED) is 0.519. The highest BCUT2D eigenvalue weighted by Gasteiger charge is 2.18. The number of aromatic nitrogens is 2. The highest BCUT2D eigenvalue weighted by Crippen LogP contribution is 2.28. The standard InChI is InChI=1S/C22H25N5O3S/c1-27(31(2,29)30)20-6-4-3-5-15(20)7-8-17-11-12-23-22(24-17)25-18-9-10-19-16(13-18)14-21(28)26-19/h3-6,9-13,21,26,28H,7-8,14H2,1-2H3,(H,23,24,25). The van der Waals surface area contributed by atoms with E-state index < -0.39 is 16.3 Å². The number of benzene rings is 2. The molecule has 2 heterocycles. The lowest BCUT2D eigenvalue weighted by molar-refractivity contribution is 0.212. The van der Waals surface area contributed by atoms with E-state index in [1.807, 2.05) is 48.5 Å². The summed E-state index contributed by atoms with van der Waals surface area (Å²) < 4.78 is 25.2. The van der Waals surface area contributed by atoms with Crippen molar-refractivity contribution in [2.75, 3.05) is 28.2 Å². The smallest absolute Gasteiger partial charge is 0.232 e. The van der Waals surface area contributed by atoms with Crippen molar-refractivity contribution >= 4 is 33.0 Å². The topological polar surface area (TPSA) is 107 Å². The van der Waals surface area contributed by atoms with Crippen LogP contribution in [-0.2, 0) is 29.3 Å². The number of hydrogen-bond donors (Lipinski definition) is 3. The van der Waals surface area contributed by atoms with Gasteiger partial charge in [-0.1, -0.05) is 18.2 Å². The Morgan fingerprint density at radius 3 is 2.81 bits per heavy atom. The summed E-state index contributed by atoms with van der Waals surface area (Å²) in [5, 5.41) is 16.0. The molecule has 1 unspecified atom stereocenters. The van der Waals surface area contributed by atoms with Crippen molar-refractivity contribution in [3.63, 3.8) is 0 Å². The number of nitrogens with one attached hydrogen (secondary N) is 2. The second-order valence-corrected chi connectivity index (χ2v) is 9.61. The maximum atomic E-state index is 11.9. The molecule has 0 aliphatic carbocycles. The van der Waals surface area contributed by atoms with Crippen molar-refractivity contribution in [3.05, 3.63) is 71.5 Å². The molecule has 1 aromatic heterocycles. The third-order valence-corrected chi connectivity index (χ3v) is 6.48. The summed E-state index contributed by atoms with van der Waals surface area (Å²) in [5.41, 5.74) is 5.30. The van der Waals surface area contributed by atoms with Crippen molar-refractivity contribution < 1.29 is 13.5 Å². The van der Waals surface area contributed by atoms with E-state index in [9.17, 15) is 13.5 Å². The molecule has 0 fully saturated rings. The van der Waals surface area contributed by atoms with Gasteiger partial charge in [0, 0.05) is 36.7 Å². The van der Waals surface area contributed by atoms with Crippen molar-refractivity contribution in [1.82, 2.24) is 9.97 Å². The molecule has 8 nitrogen and oxygen atoms in total. The lowest BCUT2D eigenvalue weighted by Gasteiger charge is -2.20. The Labute approximate surface area is 182 Å². The number of fused-ring (bicyclic) bond motifs is 1. The molecule has 4 rings (SSSR count). The van der Waals surface area contributed by atoms with E-state index in [0.717, 1.165) is 28.2 Å². The van der Waals surface area contributed by atoms with Gasteiger partial charge >= 0.3 is 0 Å². The van der Waals surface area contributed by atoms with Crippen LogP contribution in [0.2, 0.25) is 0 Å². The fraction of sp³-hybridized carbons (Fsp3) is 0.273. The van der Waals surface area contributed by atoms with Gasteiger partial charge in [0.25, 0.3) is 0 Å².